The molecule has 0 radical (unpaired) electrons. The van der Waals surface area contributed by atoms with Crippen LogP contribution in [-0.4, -0.2) is 53.1 Å². The molecule has 26 heavy (non-hydrogen) atoms. The zero-order chi connectivity index (χ0) is 18.7. The molecular weight excluding hydrogens is 353 g/mol. The van der Waals surface area contributed by atoms with Gasteiger partial charge in [-0.25, -0.2) is 12.8 Å². The van der Waals surface area contributed by atoms with E-state index in [1.165, 1.54) is 22.5 Å². The molecule has 1 aliphatic rings. The number of sulfonamides is 1. The van der Waals surface area contributed by atoms with Crippen LogP contribution in [0, 0.1) is 5.82 Å². The number of piperazine rings is 1. The number of rotatable bonds is 5. The fourth-order valence-electron chi connectivity index (χ4n) is 3.16. The van der Waals surface area contributed by atoms with Gasteiger partial charge in [-0.05, 0) is 50.4 Å². The van der Waals surface area contributed by atoms with Crippen LogP contribution in [0.2, 0.25) is 0 Å². The number of likely N-dealkylation sites (N-methyl/N-ethyl adjacent to an activating group) is 1. The molecule has 5 nitrogen and oxygen atoms in total. The molecule has 0 aliphatic carbocycles. The van der Waals surface area contributed by atoms with Crippen LogP contribution in [0.5, 0.6) is 0 Å². The van der Waals surface area contributed by atoms with Gasteiger partial charge in [-0.1, -0.05) is 12.1 Å². The first-order valence-corrected chi connectivity index (χ1v) is 10.2. The first-order chi connectivity index (χ1) is 12.4. The maximum absolute atomic E-state index is 13.5. The van der Waals surface area contributed by atoms with Crippen molar-refractivity contribution < 1.29 is 12.8 Å². The van der Waals surface area contributed by atoms with Crippen molar-refractivity contribution in [1.29, 1.82) is 0 Å². The third kappa shape index (κ3) is 3.83. The van der Waals surface area contributed by atoms with Crippen molar-refractivity contribution in [3.63, 3.8) is 0 Å². The highest BCUT2D eigenvalue weighted by atomic mass is 32.2. The standard InChI is InChI=1S/C19H24FN3O2S/c1-3-23(26(24,25)19-9-4-6-16(20)14-19)18-8-5-7-17(15-18)22-12-10-21(2)11-13-22/h4-9,14-15H,3,10-13H2,1-2H3. The molecule has 1 aliphatic heterocycles. The molecule has 0 spiro atoms. The van der Waals surface area contributed by atoms with E-state index >= 15 is 0 Å². The third-order valence-electron chi connectivity index (χ3n) is 4.66. The maximum atomic E-state index is 13.5. The van der Waals surface area contributed by atoms with Gasteiger partial charge >= 0.3 is 0 Å². The fraction of sp³-hybridized carbons (Fsp3) is 0.368. The SMILES string of the molecule is CCN(c1cccc(N2CCN(C)CC2)c1)S(=O)(=O)c1cccc(F)c1. The van der Waals surface area contributed by atoms with Crippen LogP contribution >= 0.6 is 0 Å². The number of nitrogens with zero attached hydrogens (tertiary/aromatic N) is 3. The Morgan fingerprint density at radius 2 is 1.73 bits per heavy atom. The van der Waals surface area contributed by atoms with E-state index in [1.54, 1.807) is 13.0 Å². The molecule has 0 saturated carbocycles. The summed E-state index contributed by atoms with van der Waals surface area (Å²) in [7, 11) is -1.72. The summed E-state index contributed by atoms with van der Waals surface area (Å²) in [6.07, 6.45) is 0. The lowest BCUT2D eigenvalue weighted by molar-refractivity contribution is 0.313. The molecule has 7 heteroatoms. The van der Waals surface area contributed by atoms with Gasteiger partial charge in [-0.2, -0.15) is 0 Å². The summed E-state index contributed by atoms with van der Waals surface area (Å²) in [5, 5.41) is 0. The lowest BCUT2D eigenvalue weighted by atomic mass is 10.2. The number of anilines is 2. The second kappa shape index (κ2) is 7.63. The summed E-state index contributed by atoms with van der Waals surface area (Å²) in [6, 6.07) is 12.7. The molecule has 2 aromatic carbocycles. The summed E-state index contributed by atoms with van der Waals surface area (Å²) >= 11 is 0. The van der Waals surface area contributed by atoms with Crippen LogP contribution in [0.25, 0.3) is 0 Å². The molecule has 1 fully saturated rings. The van der Waals surface area contributed by atoms with Crippen molar-refractivity contribution in [2.75, 3.05) is 49.0 Å². The van der Waals surface area contributed by atoms with Crippen molar-refractivity contribution in [2.24, 2.45) is 0 Å². The second-order valence-corrected chi connectivity index (χ2v) is 8.30. The zero-order valence-corrected chi connectivity index (χ0v) is 15.9. The molecule has 0 amide bonds. The van der Waals surface area contributed by atoms with E-state index in [4.69, 9.17) is 0 Å². The van der Waals surface area contributed by atoms with E-state index in [2.05, 4.69) is 16.8 Å². The van der Waals surface area contributed by atoms with E-state index in [0.717, 1.165) is 37.9 Å². The van der Waals surface area contributed by atoms with Crippen LogP contribution in [-0.2, 0) is 10.0 Å². The topological polar surface area (TPSA) is 43.9 Å². The highest BCUT2D eigenvalue weighted by Gasteiger charge is 2.25. The van der Waals surface area contributed by atoms with Gasteiger partial charge in [-0.15, -0.1) is 0 Å². The van der Waals surface area contributed by atoms with Crippen molar-refractivity contribution in [2.45, 2.75) is 11.8 Å². The number of halogens is 1. The Balaban J connectivity index is 1.92. The zero-order valence-electron chi connectivity index (χ0n) is 15.1. The molecule has 0 N–H and O–H groups in total. The van der Waals surface area contributed by atoms with Crippen LogP contribution in [0.15, 0.2) is 53.4 Å². The van der Waals surface area contributed by atoms with Gasteiger partial charge in [0.25, 0.3) is 10.0 Å². The lowest BCUT2D eigenvalue weighted by Crippen LogP contribution is -2.44. The smallest absolute Gasteiger partial charge is 0.264 e. The fourth-order valence-corrected chi connectivity index (χ4v) is 4.65. The molecule has 140 valence electrons. The van der Waals surface area contributed by atoms with Crippen LogP contribution in [0.4, 0.5) is 15.8 Å². The van der Waals surface area contributed by atoms with Gasteiger partial charge in [0.2, 0.25) is 0 Å². The largest absolute Gasteiger partial charge is 0.369 e. The molecule has 1 heterocycles. The van der Waals surface area contributed by atoms with Crippen LogP contribution < -0.4 is 9.21 Å². The average molecular weight is 377 g/mol. The Hall–Kier alpha value is -2.12. The Bertz CT molecular complexity index is 865. The van der Waals surface area contributed by atoms with Gasteiger partial charge in [0, 0.05) is 38.4 Å². The summed E-state index contributed by atoms with van der Waals surface area (Å²) < 4.78 is 40.8. The highest BCUT2D eigenvalue weighted by Crippen LogP contribution is 2.28. The second-order valence-electron chi connectivity index (χ2n) is 6.44. The van der Waals surface area contributed by atoms with Crippen molar-refractivity contribution in [1.82, 2.24) is 4.90 Å². The number of benzene rings is 2. The van der Waals surface area contributed by atoms with E-state index in [-0.39, 0.29) is 11.4 Å². The van der Waals surface area contributed by atoms with Gasteiger partial charge in [0.1, 0.15) is 5.82 Å². The van der Waals surface area contributed by atoms with Crippen molar-refractivity contribution in [3.05, 3.63) is 54.3 Å². The number of hydrogen-bond donors (Lipinski definition) is 0. The quantitative estimate of drug-likeness (QED) is 0.804. The van der Waals surface area contributed by atoms with Crippen LogP contribution in [0.1, 0.15) is 6.92 Å². The molecule has 0 atom stereocenters. The Labute approximate surface area is 154 Å². The van der Waals surface area contributed by atoms with Gasteiger partial charge in [0.15, 0.2) is 0 Å². The third-order valence-corrected chi connectivity index (χ3v) is 6.56. The Morgan fingerprint density at radius 1 is 1.04 bits per heavy atom. The molecule has 2 aromatic rings. The molecular formula is C19H24FN3O2S. The minimum absolute atomic E-state index is 0.0376. The van der Waals surface area contributed by atoms with E-state index in [9.17, 15) is 12.8 Å². The first kappa shape index (κ1) is 18.7. The summed E-state index contributed by atoms with van der Waals surface area (Å²) in [6.45, 7) is 5.81. The average Bonchev–Trinajstić information content (AvgIpc) is 2.63. The highest BCUT2D eigenvalue weighted by molar-refractivity contribution is 7.92. The molecule has 3 rings (SSSR count). The maximum Gasteiger partial charge on any atom is 0.264 e. The minimum Gasteiger partial charge on any atom is -0.369 e. The monoisotopic (exact) mass is 377 g/mol. The van der Waals surface area contributed by atoms with E-state index in [0.29, 0.717) is 5.69 Å². The number of hydrogen-bond acceptors (Lipinski definition) is 4. The Morgan fingerprint density at radius 3 is 2.38 bits per heavy atom. The minimum atomic E-state index is -3.82. The van der Waals surface area contributed by atoms with E-state index < -0.39 is 15.8 Å². The predicted molar refractivity (Wildman–Crippen MR) is 103 cm³/mol. The Kier molecular flexibility index (Phi) is 5.48. The molecule has 0 bridgehead atoms. The van der Waals surface area contributed by atoms with Crippen molar-refractivity contribution >= 4 is 21.4 Å². The lowest BCUT2D eigenvalue weighted by Gasteiger charge is -2.34. The van der Waals surface area contributed by atoms with Crippen molar-refractivity contribution in [3.8, 4) is 0 Å². The van der Waals surface area contributed by atoms with Gasteiger partial charge in [0.05, 0.1) is 10.6 Å². The molecule has 0 unspecified atom stereocenters. The van der Waals surface area contributed by atoms with Crippen LogP contribution in [0.3, 0.4) is 0 Å². The molecule has 1 saturated heterocycles. The molecule has 0 aromatic heterocycles. The van der Waals surface area contributed by atoms with Gasteiger partial charge < -0.3 is 9.80 Å². The first-order valence-electron chi connectivity index (χ1n) is 8.73. The summed E-state index contributed by atoms with van der Waals surface area (Å²) in [5.41, 5.74) is 1.59. The predicted octanol–water partition coefficient (Wildman–Crippen LogP) is 2.79. The van der Waals surface area contributed by atoms with Gasteiger partial charge in [-0.3, -0.25) is 4.31 Å². The normalized spacial score (nSPS) is 15.9. The summed E-state index contributed by atoms with van der Waals surface area (Å²) in [4.78, 5) is 4.49. The summed E-state index contributed by atoms with van der Waals surface area (Å²) in [5.74, 6) is -0.562. The van der Waals surface area contributed by atoms with E-state index in [1.807, 2.05) is 18.2 Å².